The van der Waals surface area contributed by atoms with Gasteiger partial charge in [-0.25, -0.2) is 0 Å². The molecule has 0 spiro atoms. The maximum absolute atomic E-state index is 12.8. The first kappa shape index (κ1) is 19.9. The van der Waals surface area contributed by atoms with Crippen molar-refractivity contribution in [2.75, 3.05) is 24.6 Å². The molecule has 3 fully saturated rings. The topological polar surface area (TPSA) is 79.0 Å². The minimum atomic E-state index is -0.580. The minimum Gasteiger partial charge on any atom is -0.489 e. The maximum atomic E-state index is 12.8. The Bertz CT molecular complexity index is 870. The van der Waals surface area contributed by atoms with Crippen LogP contribution in [0, 0.1) is 0 Å². The largest absolute Gasteiger partial charge is 0.489 e. The van der Waals surface area contributed by atoms with Gasteiger partial charge in [0.25, 0.3) is 5.91 Å². The van der Waals surface area contributed by atoms with E-state index < -0.39 is 6.04 Å². The molecule has 1 saturated carbocycles. The van der Waals surface area contributed by atoms with E-state index >= 15 is 0 Å². The molecule has 2 saturated heterocycles. The summed E-state index contributed by atoms with van der Waals surface area (Å²) in [4.78, 5) is 40.7. The number of fused-ring (bicyclic) bond motifs is 1. The van der Waals surface area contributed by atoms with Gasteiger partial charge in [0.05, 0.1) is 0 Å². The smallest absolute Gasteiger partial charge is 0.255 e. The molecule has 0 aromatic heterocycles. The van der Waals surface area contributed by atoms with Crippen LogP contribution < -0.4 is 10.1 Å². The predicted molar refractivity (Wildman–Crippen MR) is 113 cm³/mol. The number of benzene rings is 1. The molecule has 1 aromatic carbocycles. The van der Waals surface area contributed by atoms with Crippen molar-refractivity contribution in [1.82, 2.24) is 15.1 Å². The third-order valence-corrected chi connectivity index (χ3v) is 7.66. The Balaban J connectivity index is 1.28. The first-order chi connectivity index (χ1) is 14.6. The number of hydrogen-bond acceptors (Lipinski definition) is 6. The van der Waals surface area contributed by atoms with Crippen LogP contribution in [-0.2, 0) is 16.1 Å². The van der Waals surface area contributed by atoms with Gasteiger partial charge < -0.3 is 9.64 Å². The number of ether oxygens (including phenoxy) is 1. The highest BCUT2D eigenvalue weighted by atomic mass is 32.2. The molecule has 3 aliphatic heterocycles. The van der Waals surface area contributed by atoms with Crippen molar-refractivity contribution in [3.05, 3.63) is 29.3 Å². The summed E-state index contributed by atoms with van der Waals surface area (Å²) in [7, 11) is 0. The highest BCUT2D eigenvalue weighted by molar-refractivity contribution is 7.99. The molecule has 1 N–H and O–H groups in total. The summed E-state index contributed by atoms with van der Waals surface area (Å²) < 4.78 is 6.42. The highest BCUT2D eigenvalue weighted by Gasteiger charge is 2.39. The van der Waals surface area contributed by atoms with Crippen molar-refractivity contribution in [3.8, 4) is 5.75 Å². The van der Waals surface area contributed by atoms with Crippen LogP contribution >= 0.6 is 11.8 Å². The number of rotatable bonds is 4. The van der Waals surface area contributed by atoms with Crippen LogP contribution in [0.25, 0.3) is 0 Å². The van der Waals surface area contributed by atoms with Crippen molar-refractivity contribution in [1.29, 1.82) is 0 Å². The van der Waals surface area contributed by atoms with E-state index in [0.29, 0.717) is 24.6 Å². The van der Waals surface area contributed by atoms with E-state index in [-0.39, 0.29) is 30.2 Å². The third kappa shape index (κ3) is 3.71. The van der Waals surface area contributed by atoms with E-state index in [4.69, 9.17) is 4.74 Å². The summed E-state index contributed by atoms with van der Waals surface area (Å²) in [6.07, 6.45) is 4.27. The summed E-state index contributed by atoms with van der Waals surface area (Å²) in [5.41, 5.74) is 1.52. The normalized spacial score (nSPS) is 29.8. The van der Waals surface area contributed by atoms with Crippen molar-refractivity contribution < 1.29 is 19.1 Å². The molecule has 3 amide bonds. The van der Waals surface area contributed by atoms with Crippen molar-refractivity contribution >= 4 is 29.5 Å². The number of nitrogens with zero attached hydrogens (tertiary/aromatic N) is 2. The molecule has 0 bridgehead atoms. The van der Waals surface area contributed by atoms with Gasteiger partial charge in [0, 0.05) is 49.2 Å². The summed E-state index contributed by atoms with van der Waals surface area (Å²) in [5, 5.41) is 2.35. The molecule has 3 heterocycles. The lowest BCUT2D eigenvalue weighted by Crippen LogP contribution is -2.52. The van der Waals surface area contributed by atoms with Gasteiger partial charge in [-0.2, -0.15) is 11.8 Å². The van der Waals surface area contributed by atoms with Crippen molar-refractivity contribution in [2.45, 2.75) is 56.8 Å². The average Bonchev–Trinajstić information content (AvgIpc) is 3.33. The van der Waals surface area contributed by atoms with E-state index in [1.54, 1.807) is 4.90 Å². The molecule has 4 aliphatic rings. The molecule has 1 aliphatic carbocycles. The van der Waals surface area contributed by atoms with Crippen LogP contribution in [0.2, 0.25) is 0 Å². The van der Waals surface area contributed by atoms with Gasteiger partial charge in [-0.05, 0) is 49.4 Å². The monoisotopic (exact) mass is 429 g/mol. The first-order valence-corrected chi connectivity index (χ1v) is 12.0. The number of thioether (sulfide) groups is 1. The molecule has 5 rings (SSSR count). The molecule has 0 radical (unpaired) electrons. The van der Waals surface area contributed by atoms with Gasteiger partial charge in [-0.1, -0.05) is 0 Å². The first-order valence-electron chi connectivity index (χ1n) is 10.9. The minimum absolute atomic E-state index is 0.143. The average molecular weight is 430 g/mol. The quantitative estimate of drug-likeness (QED) is 0.736. The van der Waals surface area contributed by atoms with E-state index in [0.717, 1.165) is 30.8 Å². The molecule has 3 atom stereocenters. The zero-order valence-electron chi connectivity index (χ0n) is 17.0. The van der Waals surface area contributed by atoms with E-state index in [9.17, 15) is 14.4 Å². The Labute approximate surface area is 180 Å². The second-order valence-corrected chi connectivity index (χ2v) is 9.75. The fourth-order valence-corrected chi connectivity index (χ4v) is 6.10. The fourth-order valence-electron chi connectivity index (χ4n) is 5.17. The maximum Gasteiger partial charge on any atom is 0.255 e. The number of amides is 3. The van der Waals surface area contributed by atoms with Crippen molar-refractivity contribution in [3.63, 3.8) is 0 Å². The highest BCUT2D eigenvalue weighted by Crippen LogP contribution is 2.33. The number of piperidine rings is 1. The molecule has 160 valence electrons. The summed E-state index contributed by atoms with van der Waals surface area (Å²) in [6, 6.07) is 5.55. The van der Waals surface area contributed by atoms with Gasteiger partial charge in [0.2, 0.25) is 11.8 Å². The lowest BCUT2D eigenvalue weighted by molar-refractivity contribution is -0.136. The van der Waals surface area contributed by atoms with Crippen LogP contribution in [0.3, 0.4) is 0 Å². The van der Waals surface area contributed by atoms with E-state index in [2.05, 4.69) is 10.2 Å². The van der Waals surface area contributed by atoms with Gasteiger partial charge in [0.1, 0.15) is 17.9 Å². The fraction of sp³-hybridized carbons (Fsp3) is 0.591. The standard InChI is InChI=1S/C22H27N3O4S/c26-20-7-6-18(21(27)23-20)25-13-14-12-15(4-5-16(14)22(25)28)29-19-3-1-2-17(19)24-8-10-30-11-9-24/h4-5,12,17-19H,1-3,6-11,13H2,(H,23,26,27)/t17-,18?,19-/m0/s1. The van der Waals surface area contributed by atoms with E-state index in [1.807, 2.05) is 30.0 Å². The summed E-state index contributed by atoms with van der Waals surface area (Å²) >= 11 is 2.02. The molecule has 7 nitrogen and oxygen atoms in total. The van der Waals surface area contributed by atoms with Crippen molar-refractivity contribution in [2.24, 2.45) is 0 Å². The second kappa shape index (κ2) is 8.23. The van der Waals surface area contributed by atoms with Gasteiger partial charge in [-0.15, -0.1) is 0 Å². The lowest BCUT2D eigenvalue weighted by Gasteiger charge is -2.35. The molecule has 1 aromatic rings. The lowest BCUT2D eigenvalue weighted by atomic mass is 10.0. The Morgan fingerprint density at radius 2 is 1.90 bits per heavy atom. The zero-order valence-corrected chi connectivity index (χ0v) is 17.8. The summed E-state index contributed by atoms with van der Waals surface area (Å²) in [5.74, 6) is 2.40. The van der Waals surface area contributed by atoms with Gasteiger partial charge in [-0.3, -0.25) is 24.6 Å². The zero-order chi connectivity index (χ0) is 20.7. The predicted octanol–water partition coefficient (Wildman–Crippen LogP) is 1.80. The molecular weight excluding hydrogens is 402 g/mol. The van der Waals surface area contributed by atoms with Gasteiger partial charge >= 0.3 is 0 Å². The Morgan fingerprint density at radius 1 is 1.07 bits per heavy atom. The molecular formula is C22H27N3O4S. The third-order valence-electron chi connectivity index (χ3n) is 6.71. The number of carbonyl (C=O) groups excluding carboxylic acids is 3. The number of hydrogen-bond donors (Lipinski definition) is 1. The van der Waals surface area contributed by atoms with E-state index in [1.165, 1.54) is 24.3 Å². The summed E-state index contributed by atoms with van der Waals surface area (Å²) in [6.45, 7) is 2.65. The Kier molecular flexibility index (Phi) is 5.45. The SMILES string of the molecule is O=C1CCC(N2Cc3cc(O[C@H]4CCC[C@@H]4N4CCSCC4)ccc3C2=O)C(=O)N1. The van der Waals surface area contributed by atoms with Crippen LogP contribution in [0.15, 0.2) is 18.2 Å². The Hall–Kier alpha value is -2.06. The van der Waals surface area contributed by atoms with Crippen LogP contribution in [-0.4, -0.2) is 70.3 Å². The van der Waals surface area contributed by atoms with Crippen LogP contribution in [0.5, 0.6) is 5.75 Å². The number of nitrogens with one attached hydrogen (secondary N) is 1. The van der Waals surface area contributed by atoms with Crippen LogP contribution in [0.4, 0.5) is 0 Å². The van der Waals surface area contributed by atoms with Gasteiger partial charge in [0.15, 0.2) is 0 Å². The molecule has 1 unspecified atom stereocenters. The number of carbonyl (C=O) groups is 3. The molecule has 8 heteroatoms. The van der Waals surface area contributed by atoms with Crippen LogP contribution in [0.1, 0.15) is 48.0 Å². The molecule has 30 heavy (non-hydrogen) atoms. The second-order valence-electron chi connectivity index (χ2n) is 8.52. The Morgan fingerprint density at radius 3 is 2.70 bits per heavy atom. The number of imide groups is 1.